The number of anilines is 1. The van der Waals surface area contributed by atoms with Gasteiger partial charge in [-0.25, -0.2) is 9.97 Å². The van der Waals surface area contributed by atoms with E-state index >= 15 is 0 Å². The predicted molar refractivity (Wildman–Crippen MR) is 173 cm³/mol. The first-order valence-corrected chi connectivity index (χ1v) is 15.8. The van der Waals surface area contributed by atoms with Gasteiger partial charge in [0.25, 0.3) is 0 Å². The Hall–Kier alpha value is -3.75. The van der Waals surface area contributed by atoms with E-state index in [0.29, 0.717) is 6.10 Å². The number of aryl methyl sites for hydroxylation is 3. The molecule has 2 aromatic carbocycles. The lowest BCUT2D eigenvalue weighted by molar-refractivity contribution is -0.0592. The molecule has 2 saturated heterocycles. The van der Waals surface area contributed by atoms with E-state index in [2.05, 4.69) is 94.8 Å². The maximum Gasteiger partial charge on any atom is 0.128 e. The van der Waals surface area contributed by atoms with Crippen molar-refractivity contribution in [1.29, 1.82) is 0 Å². The van der Waals surface area contributed by atoms with Gasteiger partial charge in [0.2, 0.25) is 0 Å². The second-order valence-corrected chi connectivity index (χ2v) is 13.3. The summed E-state index contributed by atoms with van der Waals surface area (Å²) in [5.41, 5.74) is 7.42. The Morgan fingerprint density at radius 2 is 1.74 bits per heavy atom. The summed E-state index contributed by atoms with van der Waals surface area (Å²) in [6.45, 7) is 13.4. The molecule has 224 valence electrons. The summed E-state index contributed by atoms with van der Waals surface area (Å²) in [4.78, 5) is 15.2. The molecule has 0 N–H and O–H groups in total. The third kappa shape index (κ3) is 5.91. The third-order valence-corrected chi connectivity index (χ3v) is 9.21. The molecule has 0 spiro atoms. The largest absolute Gasteiger partial charge is 0.376 e. The van der Waals surface area contributed by atoms with Crippen LogP contribution in [0, 0.1) is 0 Å². The highest BCUT2D eigenvalue weighted by Gasteiger charge is 2.25. The lowest BCUT2D eigenvalue weighted by Gasteiger charge is -2.35. The van der Waals surface area contributed by atoms with Crippen molar-refractivity contribution in [2.75, 3.05) is 37.7 Å². The molecule has 5 aromatic rings. The quantitative estimate of drug-likeness (QED) is 0.242. The molecule has 0 radical (unpaired) electrons. The Labute approximate surface area is 254 Å². The summed E-state index contributed by atoms with van der Waals surface area (Å²) < 4.78 is 10.2. The highest BCUT2D eigenvalue weighted by Crippen LogP contribution is 2.29. The number of pyridine rings is 1. The normalized spacial score (nSPS) is 18.0. The van der Waals surface area contributed by atoms with Crippen LogP contribution in [0.5, 0.6) is 0 Å². The second-order valence-electron chi connectivity index (χ2n) is 13.3. The lowest BCUT2D eigenvalue weighted by Crippen LogP contribution is -2.46. The average molecular weight is 578 g/mol. The summed E-state index contributed by atoms with van der Waals surface area (Å²) in [6.07, 6.45) is 5.24. The lowest BCUT2D eigenvalue weighted by atomic mass is 9.87. The Kier molecular flexibility index (Phi) is 7.43. The van der Waals surface area contributed by atoms with Gasteiger partial charge in [-0.2, -0.15) is 5.10 Å². The molecular formula is C35H43N7O. The van der Waals surface area contributed by atoms with Gasteiger partial charge in [0, 0.05) is 50.9 Å². The molecule has 5 heterocycles. The van der Waals surface area contributed by atoms with Crippen molar-refractivity contribution < 1.29 is 4.74 Å². The fourth-order valence-corrected chi connectivity index (χ4v) is 6.33. The first-order valence-electron chi connectivity index (χ1n) is 15.8. The van der Waals surface area contributed by atoms with Crippen LogP contribution in [0.3, 0.4) is 0 Å². The monoisotopic (exact) mass is 577 g/mol. The predicted octanol–water partition coefficient (Wildman–Crippen LogP) is 5.51. The molecule has 0 aliphatic carbocycles. The minimum Gasteiger partial charge on any atom is -0.376 e. The molecule has 7 rings (SSSR count). The van der Waals surface area contributed by atoms with Crippen molar-refractivity contribution in [3.63, 3.8) is 0 Å². The van der Waals surface area contributed by atoms with Crippen LogP contribution < -0.4 is 4.90 Å². The maximum absolute atomic E-state index is 5.85. The first-order chi connectivity index (χ1) is 20.8. The Balaban J connectivity index is 1.01. The summed E-state index contributed by atoms with van der Waals surface area (Å²) in [5.74, 6) is 2.23. The van der Waals surface area contributed by atoms with E-state index in [-0.39, 0.29) is 5.41 Å². The van der Waals surface area contributed by atoms with Crippen LogP contribution in [0.2, 0.25) is 0 Å². The van der Waals surface area contributed by atoms with Gasteiger partial charge in [-0.05, 0) is 66.1 Å². The molecule has 8 heteroatoms. The van der Waals surface area contributed by atoms with E-state index in [1.165, 1.54) is 27.5 Å². The van der Waals surface area contributed by atoms with Crippen LogP contribution in [-0.2, 0) is 43.1 Å². The molecule has 0 amide bonds. The van der Waals surface area contributed by atoms with Gasteiger partial charge in [-0.1, -0.05) is 45.0 Å². The van der Waals surface area contributed by atoms with Gasteiger partial charge in [0.15, 0.2) is 0 Å². The third-order valence-electron chi connectivity index (χ3n) is 9.21. The molecule has 1 unspecified atom stereocenters. The molecule has 0 bridgehead atoms. The fourth-order valence-electron chi connectivity index (χ4n) is 6.33. The number of rotatable bonds is 8. The van der Waals surface area contributed by atoms with Crippen molar-refractivity contribution in [1.82, 2.24) is 29.2 Å². The number of fused-ring (bicyclic) bond motifs is 2. The van der Waals surface area contributed by atoms with Crippen molar-refractivity contribution in [2.45, 2.75) is 64.6 Å². The van der Waals surface area contributed by atoms with E-state index < -0.39 is 0 Å². The van der Waals surface area contributed by atoms with E-state index in [1.54, 1.807) is 0 Å². The molecule has 43 heavy (non-hydrogen) atoms. The smallest absolute Gasteiger partial charge is 0.128 e. The van der Waals surface area contributed by atoms with E-state index in [1.807, 2.05) is 17.9 Å². The number of aromatic nitrogens is 5. The van der Waals surface area contributed by atoms with E-state index in [0.717, 1.165) is 88.0 Å². The van der Waals surface area contributed by atoms with Gasteiger partial charge in [-0.15, -0.1) is 0 Å². The van der Waals surface area contributed by atoms with Crippen LogP contribution in [0.15, 0.2) is 60.8 Å². The topological polar surface area (TPSA) is 64.2 Å². The molecule has 8 nitrogen and oxygen atoms in total. The Morgan fingerprint density at radius 1 is 0.907 bits per heavy atom. The number of ether oxygens (including phenoxy) is 1. The van der Waals surface area contributed by atoms with Crippen LogP contribution >= 0.6 is 0 Å². The maximum atomic E-state index is 5.85. The zero-order valence-electron chi connectivity index (χ0n) is 26.0. The van der Waals surface area contributed by atoms with Crippen LogP contribution in [-0.4, -0.2) is 68.1 Å². The molecule has 2 aliphatic rings. The highest BCUT2D eigenvalue weighted by molar-refractivity contribution is 5.79. The van der Waals surface area contributed by atoms with Gasteiger partial charge in [-0.3, -0.25) is 9.58 Å². The number of benzene rings is 2. The summed E-state index contributed by atoms with van der Waals surface area (Å²) in [5, 5.41) is 5.56. The molecular weight excluding hydrogens is 534 g/mol. The second kappa shape index (κ2) is 11.4. The van der Waals surface area contributed by atoms with Crippen LogP contribution in [0.4, 0.5) is 5.82 Å². The van der Waals surface area contributed by atoms with E-state index in [9.17, 15) is 0 Å². The zero-order valence-corrected chi connectivity index (χ0v) is 26.0. The fraction of sp³-hybridized carbons (Fsp3) is 0.457. The molecule has 0 saturated carbocycles. The van der Waals surface area contributed by atoms with Gasteiger partial charge >= 0.3 is 0 Å². The molecule has 2 fully saturated rings. The van der Waals surface area contributed by atoms with Gasteiger partial charge in [0.1, 0.15) is 11.6 Å². The zero-order chi connectivity index (χ0) is 29.6. The van der Waals surface area contributed by atoms with Gasteiger partial charge in [0.05, 0.1) is 41.9 Å². The molecule has 2 aliphatic heterocycles. The number of hydrogen-bond donors (Lipinski definition) is 0. The minimum atomic E-state index is 0.103. The van der Waals surface area contributed by atoms with Gasteiger partial charge < -0.3 is 14.2 Å². The van der Waals surface area contributed by atoms with E-state index in [4.69, 9.17) is 14.7 Å². The van der Waals surface area contributed by atoms with Crippen molar-refractivity contribution in [3.8, 4) is 0 Å². The first kappa shape index (κ1) is 28.0. The van der Waals surface area contributed by atoms with Crippen LogP contribution in [0.1, 0.15) is 49.8 Å². The molecule has 3 aromatic heterocycles. The van der Waals surface area contributed by atoms with Crippen molar-refractivity contribution in [3.05, 3.63) is 83.4 Å². The summed E-state index contributed by atoms with van der Waals surface area (Å²) in [7, 11) is 2.00. The Bertz CT molecular complexity index is 1730. The SMILES string of the molecule is Cn1ncc2ccc(CCc3cccc(N4CCN(Cc5nc6ccc(C(C)(C)C)cc6n5CC5CCO5)CC4)n3)cc21. The Morgan fingerprint density at radius 3 is 2.51 bits per heavy atom. The average Bonchev–Trinajstić information content (AvgIpc) is 3.52. The highest BCUT2D eigenvalue weighted by atomic mass is 16.5. The summed E-state index contributed by atoms with van der Waals surface area (Å²) in [6, 6.07) is 19.9. The van der Waals surface area contributed by atoms with Crippen molar-refractivity contribution >= 4 is 27.8 Å². The minimum absolute atomic E-state index is 0.103. The number of imidazole rings is 1. The number of hydrogen-bond acceptors (Lipinski definition) is 6. The number of nitrogens with zero attached hydrogens (tertiary/aromatic N) is 7. The van der Waals surface area contributed by atoms with Crippen LogP contribution in [0.25, 0.3) is 21.9 Å². The summed E-state index contributed by atoms with van der Waals surface area (Å²) >= 11 is 0. The van der Waals surface area contributed by atoms with Crippen molar-refractivity contribution in [2.24, 2.45) is 7.05 Å². The standard InChI is InChI=1S/C35H43N7O/c1-35(2,3)27-11-13-30-32(21-27)42(23-29-14-19-43-29)34(38-30)24-40-15-17-41(18-16-40)33-7-5-6-28(37-33)12-9-25-8-10-26-22-36-39(4)31(26)20-25/h5-8,10-11,13,20-22,29H,9,12,14-19,23-24H2,1-4H3. The number of piperazine rings is 1. The molecule has 1 atom stereocenters.